The first-order valence-electron chi connectivity index (χ1n) is 7.00. The van der Waals surface area contributed by atoms with Crippen LogP contribution in [0.5, 0.6) is 5.75 Å². The lowest BCUT2D eigenvalue weighted by Crippen LogP contribution is -2.54. The number of ether oxygens (including phenoxy) is 1. The smallest absolute Gasteiger partial charge is 0.337 e. The molecule has 2 amide bonds. The molecule has 0 spiro atoms. The monoisotopic (exact) mass is 292 g/mol. The lowest BCUT2D eigenvalue weighted by Gasteiger charge is -2.41. The number of nitrogens with one attached hydrogen (secondary N) is 2. The van der Waals surface area contributed by atoms with Crippen LogP contribution in [0, 0.1) is 0 Å². The van der Waals surface area contributed by atoms with Gasteiger partial charge in [0, 0.05) is 5.54 Å². The zero-order valence-corrected chi connectivity index (χ0v) is 12.2. The van der Waals surface area contributed by atoms with E-state index in [2.05, 4.69) is 10.6 Å². The molecule has 1 aromatic rings. The predicted molar refractivity (Wildman–Crippen MR) is 79.0 cm³/mol. The normalized spacial score (nSPS) is 15.7. The summed E-state index contributed by atoms with van der Waals surface area (Å²) in [4.78, 5) is 23.3. The van der Waals surface area contributed by atoms with E-state index in [0.29, 0.717) is 5.75 Å². The Kier molecular flexibility index (Phi) is 4.35. The first kappa shape index (κ1) is 15.2. The highest BCUT2D eigenvalue weighted by Gasteiger charge is 2.36. The molecule has 0 aromatic heterocycles. The fraction of sp³-hybridized carbons (Fsp3) is 0.467. The van der Waals surface area contributed by atoms with Gasteiger partial charge in [0.25, 0.3) is 0 Å². The lowest BCUT2D eigenvalue weighted by atomic mass is 9.75. The first-order valence-corrected chi connectivity index (χ1v) is 7.00. The van der Waals surface area contributed by atoms with E-state index in [1.54, 1.807) is 6.07 Å². The van der Waals surface area contributed by atoms with Gasteiger partial charge in [0.15, 0.2) is 0 Å². The number of aromatic carboxylic acids is 1. The molecule has 1 aromatic carbocycles. The van der Waals surface area contributed by atoms with Crippen LogP contribution in [0.2, 0.25) is 0 Å². The summed E-state index contributed by atoms with van der Waals surface area (Å²) in [7, 11) is 1.46. The quantitative estimate of drug-likeness (QED) is 0.778. The van der Waals surface area contributed by atoms with Crippen LogP contribution in [0.3, 0.4) is 0 Å². The van der Waals surface area contributed by atoms with Gasteiger partial charge in [-0.2, -0.15) is 0 Å². The second kappa shape index (κ2) is 6.03. The third-order valence-electron chi connectivity index (χ3n) is 4.07. The highest BCUT2D eigenvalue weighted by molar-refractivity contribution is 6.00. The van der Waals surface area contributed by atoms with Gasteiger partial charge in [-0.05, 0) is 43.9 Å². The summed E-state index contributed by atoms with van der Waals surface area (Å²) in [6, 6.07) is 4.16. The largest absolute Gasteiger partial charge is 0.497 e. The number of carboxylic acid groups (broad SMARTS) is 1. The van der Waals surface area contributed by atoms with Crippen molar-refractivity contribution < 1.29 is 19.4 Å². The lowest BCUT2D eigenvalue weighted by molar-refractivity contribution is 0.0697. The zero-order valence-electron chi connectivity index (χ0n) is 12.2. The number of anilines is 1. The number of amides is 2. The molecule has 6 nitrogen and oxygen atoms in total. The Balaban J connectivity index is 2.11. The second-order valence-corrected chi connectivity index (χ2v) is 5.28. The Morgan fingerprint density at radius 3 is 2.57 bits per heavy atom. The van der Waals surface area contributed by atoms with E-state index < -0.39 is 5.97 Å². The van der Waals surface area contributed by atoms with Crippen LogP contribution in [-0.4, -0.2) is 29.8 Å². The van der Waals surface area contributed by atoms with Gasteiger partial charge in [-0.15, -0.1) is 0 Å². The summed E-state index contributed by atoms with van der Waals surface area (Å²) in [5.41, 5.74) is 0.120. The summed E-state index contributed by atoms with van der Waals surface area (Å²) in [5.74, 6) is -0.680. The van der Waals surface area contributed by atoms with Crippen molar-refractivity contribution in [1.82, 2.24) is 5.32 Å². The summed E-state index contributed by atoms with van der Waals surface area (Å²) >= 11 is 0. The highest BCUT2D eigenvalue weighted by Crippen LogP contribution is 2.34. The highest BCUT2D eigenvalue weighted by atomic mass is 16.5. The molecule has 1 aliphatic rings. The first-order chi connectivity index (χ1) is 9.99. The van der Waals surface area contributed by atoms with E-state index in [4.69, 9.17) is 4.74 Å². The summed E-state index contributed by atoms with van der Waals surface area (Å²) in [6.45, 7) is 2.04. The SMILES string of the molecule is CCC1(NC(=O)Nc2ccc(OC)cc2C(=O)O)CCC1. The molecule has 6 heteroatoms. The Bertz CT molecular complexity index is 547. The summed E-state index contributed by atoms with van der Waals surface area (Å²) in [6.07, 6.45) is 3.91. The zero-order chi connectivity index (χ0) is 15.5. The molecule has 0 unspecified atom stereocenters. The molecular weight excluding hydrogens is 272 g/mol. The number of benzene rings is 1. The van der Waals surface area contributed by atoms with Crippen molar-refractivity contribution >= 4 is 17.7 Å². The number of carboxylic acids is 1. The summed E-state index contributed by atoms with van der Waals surface area (Å²) < 4.78 is 5.00. The maximum Gasteiger partial charge on any atom is 0.337 e. The van der Waals surface area contributed by atoms with Crippen molar-refractivity contribution in [1.29, 1.82) is 0 Å². The van der Waals surface area contributed by atoms with Gasteiger partial charge in [-0.25, -0.2) is 9.59 Å². The van der Waals surface area contributed by atoms with Crippen molar-refractivity contribution in [2.24, 2.45) is 0 Å². The van der Waals surface area contributed by atoms with Gasteiger partial charge in [0.2, 0.25) is 0 Å². The molecule has 0 saturated heterocycles. The van der Waals surface area contributed by atoms with E-state index in [1.807, 2.05) is 6.92 Å². The topological polar surface area (TPSA) is 87.7 Å². The van der Waals surface area contributed by atoms with Gasteiger partial charge in [-0.3, -0.25) is 0 Å². The predicted octanol–water partition coefficient (Wildman–Crippen LogP) is 2.85. The van der Waals surface area contributed by atoms with Crippen molar-refractivity contribution in [3.63, 3.8) is 0 Å². The van der Waals surface area contributed by atoms with Crippen molar-refractivity contribution in [3.8, 4) is 5.75 Å². The maximum atomic E-state index is 12.1. The third kappa shape index (κ3) is 3.26. The van der Waals surface area contributed by atoms with Gasteiger partial charge >= 0.3 is 12.0 Å². The fourth-order valence-electron chi connectivity index (χ4n) is 2.50. The Hall–Kier alpha value is -2.24. The second-order valence-electron chi connectivity index (χ2n) is 5.28. The Labute approximate surface area is 123 Å². The molecular formula is C15H20N2O4. The number of hydrogen-bond acceptors (Lipinski definition) is 3. The molecule has 0 radical (unpaired) electrons. The van der Waals surface area contributed by atoms with Crippen LogP contribution in [0.4, 0.5) is 10.5 Å². The van der Waals surface area contributed by atoms with Crippen LogP contribution in [-0.2, 0) is 0 Å². The van der Waals surface area contributed by atoms with Gasteiger partial charge in [0.05, 0.1) is 18.4 Å². The minimum absolute atomic E-state index is 0.00339. The van der Waals surface area contributed by atoms with E-state index in [0.717, 1.165) is 25.7 Å². The van der Waals surface area contributed by atoms with Crippen LogP contribution in [0.1, 0.15) is 43.0 Å². The van der Waals surface area contributed by atoms with Crippen molar-refractivity contribution in [2.75, 3.05) is 12.4 Å². The minimum Gasteiger partial charge on any atom is -0.497 e. The van der Waals surface area contributed by atoms with Crippen LogP contribution < -0.4 is 15.4 Å². The summed E-state index contributed by atoms with van der Waals surface area (Å²) in [5, 5.41) is 14.8. The fourth-order valence-corrected chi connectivity index (χ4v) is 2.50. The van der Waals surface area contributed by atoms with Gasteiger partial charge in [-0.1, -0.05) is 6.92 Å². The van der Waals surface area contributed by atoms with Crippen LogP contribution in [0.15, 0.2) is 18.2 Å². The average molecular weight is 292 g/mol. The molecule has 2 rings (SSSR count). The maximum absolute atomic E-state index is 12.1. The van der Waals surface area contributed by atoms with Gasteiger partial charge in [0.1, 0.15) is 5.75 Å². The van der Waals surface area contributed by atoms with E-state index in [9.17, 15) is 14.7 Å². The van der Waals surface area contributed by atoms with Crippen LogP contribution >= 0.6 is 0 Å². The number of rotatable bonds is 5. The van der Waals surface area contributed by atoms with E-state index in [1.165, 1.54) is 19.2 Å². The van der Waals surface area contributed by atoms with Crippen molar-refractivity contribution in [2.45, 2.75) is 38.1 Å². The van der Waals surface area contributed by atoms with Gasteiger partial charge < -0.3 is 20.5 Å². The Morgan fingerprint density at radius 2 is 2.10 bits per heavy atom. The standard InChI is InChI=1S/C15H20N2O4/c1-3-15(7-4-8-15)17-14(20)16-12-6-5-10(21-2)9-11(12)13(18)19/h5-6,9H,3-4,7-8H2,1-2H3,(H,18,19)(H2,16,17,20). The minimum atomic E-state index is -1.11. The number of carbonyl (C=O) groups is 2. The number of hydrogen-bond donors (Lipinski definition) is 3. The molecule has 1 aliphatic carbocycles. The van der Waals surface area contributed by atoms with Crippen LogP contribution in [0.25, 0.3) is 0 Å². The molecule has 0 atom stereocenters. The molecule has 1 fully saturated rings. The molecule has 21 heavy (non-hydrogen) atoms. The van der Waals surface area contributed by atoms with E-state index in [-0.39, 0.29) is 22.8 Å². The third-order valence-corrected chi connectivity index (χ3v) is 4.07. The molecule has 3 N–H and O–H groups in total. The Morgan fingerprint density at radius 1 is 1.38 bits per heavy atom. The number of methoxy groups -OCH3 is 1. The molecule has 0 bridgehead atoms. The average Bonchev–Trinajstić information content (AvgIpc) is 2.43. The number of carbonyl (C=O) groups excluding carboxylic acids is 1. The van der Waals surface area contributed by atoms with E-state index >= 15 is 0 Å². The molecule has 114 valence electrons. The molecule has 1 saturated carbocycles. The number of urea groups is 1. The van der Waals surface area contributed by atoms with Crippen molar-refractivity contribution in [3.05, 3.63) is 23.8 Å². The molecule has 0 heterocycles. The molecule has 0 aliphatic heterocycles.